The minimum absolute atomic E-state index is 0.115. The summed E-state index contributed by atoms with van der Waals surface area (Å²) in [5, 5.41) is 3.25. The van der Waals surface area contributed by atoms with Crippen LogP contribution < -0.4 is 5.32 Å². The van der Waals surface area contributed by atoms with E-state index in [1.54, 1.807) is 12.4 Å². The summed E-state index contributed by atoms with van der Waals surface area (Å²) in [6.45, 7) is 3.97. The van der Waals surface area contributed by atoms with Crippen LogP contribution in [0.25, 0.3) is 0 Å². The van der Waals surface area contributed by atoms with Gasteiger partial charge < -0.3 is 9.73 Å². The zero-order chi connectivity index (χ0) is 10.7. The number of aryl methyl sites for hydroxylation is 1. The molecule has 4 heteroatoms. The third-order valence-corrected chi connectivity index (χ3v) is 2.13. The molecule has 4 nitrogen and oxygen atoms in total. The van der Waals surface area contributed by atoms with Crippen molar-refractivity contribution in [2.24, 2.45) is 0 Å². The highest BCUT2D eigenvalue weighted by molar-refractivity contribution is 5.39. The highest BCUT2D eigenvalue weighted by Crippen LogP contribution is 2.19. The number of nitrogens with zero attached hydrogens (tertiary/aromatic N) is 2. The normalized spacial score (nSPS) is 12.4. The van der Waals surface area contributed by atoms with Crippen LogP contribution in [0.3, 0.4) is 0 Å². The van der Waals surface area contributed by atoms with Crippen molar-refractivity contribution >= 4 is 5.69 Å². The number of nitrogens with one attached hydrogen (secondary N) is 1. The van der Waals surface area contributed by atoms with Gasteiger partial charge in [0.15, 0.2) is 0 Å². The summed E-state index contributed by atoms with van der Waals surface area (Å²) in [7, 11) is 0. The first kappa shape index (κ1) is 9.71. The fourth-order valence-corrected chi connectivity index (χ4v) is 1.38. The smallest absolute Gasteiger partial charge is 0.126 e. The van der Waals surface area contributed by atoms with Crippen molar-refractivity contribution in [2.45, 2.75) is 19.9 Å². The fraction of sp³-hybridized carbons (Fsp3) is 0.273. The summed E-state index contributed by atoms with van der Waals surface area (Å²) in [4.78, 5) is 7.86. The third-order valence-electron chi connectivity index (χ3n) is 2.13. The molecule has 78 valence electrons. The van der Waals surface area contributed by atoms with E-state index in [9.17, 15) is 0 Å². The molecule has 2 rings (SSSR count). The van der Waals surface area contributed by atoms with E-state index in [0.29, 0.717) is 0 Å². The predicted molar refractivity (Wildman–Crippen MR) is 57.5 cm³/mol. The molecule has 0 saturated carbocycles. The van der Waals surface area contributed by atoms with Gasteiger partial charge in [-0.3, -0.25) is 0 Å². The van der Waals surface area contributed by atoms with Crippen LogP contribution >= 0.6 is 0 Å². The Balaban J connectivity index is 2.07. The van der Waals surface area contributed by atoms with Gasteiger partial charge >= 0.3 is 0 Å². The van der Waals surface area contributed by atoms with Gasteiger partial charge in [0, 0.05) is 0 Å². The first-order valence-electron chi connectivity index (χ1n) is 4.83. The van der Waals surface area contributed by atoms with Gasteiger partial charge in [-0.1, -0.05) is 0 Å². The van der Waals surface area contributed by atoms with Crippen LogP contribution in [0.4, 0.5) is 5.69 Å². The van der Waals surface area contributed by atoms with Gasteiger partial charge in [-0.25, -0.2) is 9.97 Å². The molecule has 15 heavy (non-hydrogen) atoms. The highest BCUT2D eigenvalue weighted by Gasteiger charge is 2.08. The van der Waals surface area contributed by atoms with Crippen molar-refractivity contribution in [1.29, 1.82) is 0 Å². The maximum Gasteiger partial charge on any atom is 0.126 e. The average Bonchev–Trinajstić information content (AvgIpc) is 2.66. The lowest BCUT2D eigenvalue weighted by Crippen LogP contribution is -2.05. The monoisotopic (exact) mass is 203 g/mol. The Morgan fingerprint density at radius 2 is 2.00 bits per heavy atom. The lowest BCUT2D eigenvalue weighted by molar-refractivity contribution is 0.467. The molecule has 1 unspecified atom stereocenters. The molecule has 2 heterocycles. The zero-order valence-electron chi connectivity index (χ0n) is 8.77. The van der Waals surface area contributed by atoms with E-state index < -0.39 is 0 Å². The van der Waals surface area contributed by atoms with Crippen LogP contribution in [-0.2, 0) is 0 Å². The molecular formula is C11H13N3O. The Kier molecular flexibility index (Phi) is 2.67. The Bertz CT molecular complexity index is 424. The van der Waals surface area contributed by atoms with Gasteiger partial charge in [0.1, 0.15) is 17.8 Å². The summed E-state index contributed by atoms with van der Waals surface area (Å²) < 4.78 is 5.51. The number of furan rings is 1. The molecule has 0 aliphatic carbocycles. The average molecular weight is 203 g/mol. The molecule has 2 aromatic rings. The fourth-order valence-electron chi connectivity index (χ4n) is 1.38. The summed E-state index contributed by atoms with van der Waals surface area (Å²) in [6, 6.07) is 4.04. The zero-order valence-corrected chi connectivity index (χ0v) is 8.77. The van der Waals surface area contributed by atoms with Crippen molar-refractivity contribution in [3.05, 3.63) is 42.4 Å². The standard InChI is InChI=1S/C11H13N3O/c1-8-3-4-11(15-8)9(2)14-10-5-12-7-13-6-10/h3-7,9,14H,1-2H3. The van der Waals surface area contributed by atoms with Gasteiger partial charge in [-0.15, -0.1) is 0 Å². The number of rotatable bonds is 3. The maximum absolute atomic E-state index is 5.51. The molecule has 1 atom stereocenters. The summed E-state index contributed by atoms with van der Waals surface area (Å²) in [5.41, 5.74) is 0.888. The lowest BCUT2D eigenvalue weighted by atomic mass is 10.2. The molecule has 0 amide bonds. The van der Waals surface area contributed by atoms with Crippen LogP contribution in [0.2, 0.25) is 0 Å². The van der Waals surface area contributed by atoms with E-state index >= 15 is 0 Å². The second-order valence-corrected chi connectivity index (χ2v) is 3.44. The molecule has 0 aliphatic heterocycles. The Morgan fingerprint density at radius 1 is 1.27 bits per heavy atom. The van der Waals surface area contributed by atoms with Gasteiger partial charge in [-0.2, -0.15) is 0 Å². The quantitative estimate of drug-likeness (QED) is 0.832. The molecule has 0 fully saturated rings. The predicted octanol–water partition coefficient (Wildman–Crippen LogP) is 2.55. The third kappa shape index (κ3) is 2.34. The van der Waals surface area contributed by atoms with Crippen LogP contribution in [0.1, 0.15) is 24.5 Å². The van der Waals surface area contributed by atoms with Crippen molar-refractivity contribution < 1.29 is 4.42 Å². The van der Waals surface area contributed by atoms with Crippen LogP contribution in [0, 0.1) is 6.92 Å². The molecule has 0 spiro atoms. The van der Waals surface area contributed by atoms with Gasteiger partial charge in [0.2, 0.25) is 0 Å². The Labute approximate surface area is 88.4 Å². The minimum Gasteiger partial charge on any atom is -0.464 e. The summed E-state index contributed by atoms with van der Waals surface area (Å²) in [5.74, 6) is 1.83. The molecule has 0 aromatic carbocycles. The van der Waals surface area contributed by atoms with Crippen LogP contribution in [0.5, 0.6) is 0 Å². The number of hydrogen-bond donors (Lipinski definition) is 1. The van der Waals surface area contributed by atoms with Gasteiger partial charge in [-0.05, 0) is 26.0 Å². The largest absolute Gasteiger partial charge is 0.464 e. The number of anilines is 1. The SMILES string of the molecule is Cc1ccc(C(C)Nc2cncnc2)o1. The highest BCUT2D eigenvalue weighted by atomic mass is 16.3. The van der Waals surface area contributed by atoms with Gasteiger partial charge in [0.25, 0.3) is 0 Å². The Hall–Kier alpha value is -1.84. The van der Waals surface area contributed by atoms with Crippen molar-refractivity contribution in [1.82, 2.24) is 9.97 Å². The molecule has 0 saturated heterocycles. The van der Waals surface area contributed by atoms with E-state index in [2.05, 4.69) is 15.3 Å². The van der Waals surface area contributed by atoms with Crippen molar-refractivity contribution in [2.75, 3.05) is 5.32 Å². The lowest BCUT2D eigenvalue weighted by Gasteiger charge is -2.11. The van der Waals surface area contributed by atoms with E-state index in [0.717, 1.165) is 17.2 Å². The van der Waals surface area contributed by atoms with Crippen LogP contribution in [-0.4, -0.2) is 9.97 Å². The number of aromatic nitrogens is 2. The van der Waals surface area contributed by atoms with Crippen molar-refractivity contribution in [3.63, 3.8) is 0 Å². The van der Waals surface area contributed by atoms with E-state index in [1.807, 2.05) is 26.0 Å². The van der Waals surface area contributed by atoms with E-state index in [1.165, 1.54) is 6.33 Å². The minimum atomic E-state index is 0.115. The number of hydrogen-bond acceptors (Lipinski definition) is 4. The van der Waals surface area contributed by atoms with E-state index in [4.69, 9.17) is 4.42 Å². The molecule has 2 aromatic heterocycles. The Morgan fingerprint density at radius 3 is 2.60 bits per heavy atom. The molecule has 0 bridgehead atoms. The van der Waals surface area contributed by atoms with Crippen LogP contribution in [0.15, 0.2) is 35.3 Å². The van der Waals surface area contributed by atoms with E-state index in [-0.39, 0.29) is 6.04 Å². The molecular weight excluding hydrogens is 190 g/mol. The summed E-state index contributed by atoms with van der Waals surface area (Å²) in [6.07, 6.45) is 4.98. The van der Waals surface area contributed by atoms with Crippen molar-refractivity contribution in [3.8, 4) is 0 Å². The first-order valence-corrected chi connectivity index (χ1v) is 4.83. The summed E-state index contributed by atoms with van der Waals surface area (Å²) >= 11 is 0. The first-order chi connectivity index (χ1) is 7.25. The molecule has 1 N–H and O–H groups in total. The van der Waals surface area contributed by atoms with Gasteiger partial charge in [0.05, 0.1) is 24.1 Å². The second-order valence-electron chi connectivity index (χ2n) is 3.44. The topological polar surface area (TPSA) is 51.0 Å². The maximum atomic E-state index is 5.51. The molecule has 0 radical (unpaired) electrons. The second kappa shape index (κ2) is 4.13. The molecule has 0 aliphatic rings.